The van der Waals surface area contributed by atoms with E-state index in [4.69, 9.17) is 4.74 Å². The smallest absolute Gasteiger partial charge is 0.0684 e. The maximum atomic E-state index is 5.87. The minimum absolute atomic E-state index is 0.0976. The molecule has 0 unspecified atom stereocenters. The molecule has 1 nitrogen and oxygen atoms in total. The second-order valence-electron chi connectivity index (χ2n) is 4.91. The molecule has 0 aliphatic carbocycles. The van der Waals surface area contributed by atoms with Crippen LogP contribution in [-0.2, 0) is 4.74 Å². The van der Waals surface area contributed by atoms with Gasteiger partial charge < -0.3 is 4.74 Å². The van der Waals surface area contributed by atoms with Crippen molar-refractivity contribution in [2.24, 2.45) is 0 Å². The summed E-state index contributed by atoms with van der Waals surface area (Å²) in [5.41, 5.74) is 1.62. The van der Waals surface area contributed by atoms with E-state index in [9.17, 15) is 0 Å². The molecule has 1 heterocycles. The van der Waals surface area contributed by atoms with Crippen LogP contribution in [0, 0.1) is 0 Å². The van der Waals surface area contributed by atoms with Crippen molar-refractivity contribution in [3.8, 4) is 0 Å². The summed E-state index contributed by atoms with van der Waals surface area (Å²) in [4.78, 5) is 0. The lowest BCUT2D eigenvalue weighted by molar-refractivity contribution is -0.00355. The molecule has 0 N–H and O–H groups in total. The zero-order valence-corrected chi connectivity index (χ0v) is 9.94. The third kappa shape index (κ3) is 4.28. The molecule has 1 heteroatoms. The van der Waals surface area contributed by atoms with Crippen LogP contribution >= 0.6 is 0 Å². The Morgan fingerprint density at radius 1 is 1.43 bits per heavy atom. The fraction of sp³-hybridized carbons (Fsp3) is 0.846. The predicted octanol–water partition coefficient (Wildman–Crippen LogP) is 4.08. The molecule has 0 aromatic rings. The van der Waals surface area contributed by atoms with Gasteiger partial charge in [-0.05, 0) is 45.1 Å². The van der Waals surface area contributed by atoms with E-state index in [1.54, 1.807) is 0 Å². The first-order valence-corrected chi connectivity index (χ1v) is 5.96. The van der Waals surface area contributed by atoms with Crippen molar-refractivity contribution in [3.63, 3.8) is 0 Å². The molecule has 1 saturated heterocycles. The Balaban J connectivity index is 2.37. The van der Waals surface area contributed by atoms with Crippen molar-refractivity contribution >= 4 is 0 Å². The molecule has 0 atom stereocenters. The Morgan fingerprint density at radius 2 is 2.21 bits per heavy atom. The molecule has 0 radical (unpaired) electrons. The number of ether oxygens (including phenoxy) is 1. The number of hydrogen-bond acceptors (Lipinski definition) is 1. The Bertz CT molecular complexity index is 191. The van der Waals surface area contributed by atoms with E-state index < -0.39 is 0 Å². The van der Waals surface area contributed by atoms with Crippen LogP contribution in [0.2, 0.25) is 0 Å². The van der Waals surface area contributed by atoms with E-state index in [1.807, 2.05) is 0 Å². The van der Waals surface area contributed by atoms with Gasteiger partial charge in [0, 0.05) is 0 Å². The summed E-state index contributed by atoms with van der Waals surface area (Å²) >= 11 is 0. The molecule has 1 aliphatic rings. The number of allylic oxidation sites excluding steroid dienone is 1. The SMILES string of the molecule is CCCC/C=C1/CCCC(C)(C)OC1. The second-order valence-corrected chi connectivity index (χ2v) is 4.91. The van der Waals surface area contributed by atoms with Gasteiger partial charge in [-0.3, -0.25) is 0 Å². The van der Waals surface area contributed by atoms with Crippen molar-refractivity contribution in [2.75, 3.05) is 6.61 Å². The van der Waals surface area contributed by atoms with Crippen LogP contribution in [0.4, 0.5) is 0 Å². The second kappa shape index (κ2) is 5.55. The highest BCUT2D eigenvalue weighted by molar-refractivity contribution is 5.04. The zero-order valence-electron chi connectivity index (χ0n) is 9.94. The number of hydrogen-bond donors (Lipinski definition) is 0. The van der Waals surface area contributed by atoms with Gasteiger partial charge in [0.25, 0.3) is 0 Å². The summed E-state index contributed by atoms with van der Waals surface area (Å²) in [6.07, 6.45) is 9.94. The molecule has 1 aliphatic heterocycles. The van der Waals surface area contributed by atoms with E-state index in [0.29, 0.717) is 0 Å². The van der Waals surface area contributed by atoms with Crippen LogP contribution in [0.3, 0.4) is 0 Å². The Hall–Kier alpha value is -0.300. The van der Waals surface area contributed by atoms with Crippen molar-refractivity contribution in [1.29, 1.82) is 0 Å². The fourth-order valence-electron chi connectivity index (χ4n) is 1.84. The van der Waals surface area contributed by atoms with E-state index in [2.05, 4.69) is 26.8 Å². The maximum Gasteiger partial charge on any atom is 0.0684 e. The quantitative estimate of drug-likeness (QED) is 0.488. The first-order chi connectivity index (χ1) is 6.64. The summed E-state index contributed by atoms with van der Waals surface area (Å²) in [7, 11) is 0. The van der Waals surface area contributed by atoms with Gasteiger partial charge in [0.2, 0.25) is 0 Å². The molecular weight excluding hydrogens is 172 g/mol. The standard InChI is InChI=1S/C13H24O/c1-4-5-6-8-12-9-7-10-13(2,3)14-11-12/h8H,4-7,9-11H2,1-3H3/b12-8-. The fourth-order valence-corrected chi connectivity index (χ4v) is 1.84. The molecule has 0 saturated carbocycles. The van der Waals surface area contributed by atoms with Crippen LogP contribution in [0.1, 0.15) is 59.3 Å². The summed E-state index contributed by atoms with van der Waals surface area (Å²) in [5, 5.41) is 0. The Kier molecular flexibility index (Phi) is 4.67. The first kappa shape index (κ1) is 11.8. The molecule has 14 heavy (non-hydrogen) atoms. The van der Waals surface area contributed by atoms with Gasteiger partial charge in [0.05, 0.1) is 12.2 Å². The topological polar surface area (TPSA) is 9.23 Å². The number of rotatable bonds is 3. The van der Waals surface area contributed by atoms with Crippen molar-refractivity contribution in [1.82, 2.24) is 0 Å². The number of unbranched alkanes of at least 4 members (excludes halogenated alkanes) is 2. The van der Waals surface area contributed by atoms with Crippen LogP contribution < -0.4 is 0 Å². The highest BCUT2D eigenvalue weighted by atomic mass is 16.5. The van der Waals surface area contributed by atoms with Crippen LogP contribution in [0.15, 0.2) is 11.6 Å². The van der Waals surface area contributed by atoms with E-state index >= 15 is 0 Å². The van der Waals surface area contributed by atoms with Crippen molar-refractivity contribution in [3.05, 3.63) is 11.6 Å². The van der Waals surface area contributed by atoms with Crippen LogP contribution in [0.25, 0.3) is 0 Å². The van der Waals surface area contributed by atoms with Gasteiger partial charge in [0.1, 0.15) is 0 Å². The van der Waals surface area contributed by atoms with Crippen LogP contribution in [0.5, 0.6) is 0 Å². The maximum absolute atomic E-state index is 5.87. The van der Waals surface area contributed by atoms with Gasteiger partial charge in [-0.2, -0.15) is 0 Å². The Morgan fingerprint density at radius 3 is 2.93 bits per heavy atom. The van der Waals surface area contributed by atoms with Gasteiger partial charge in [-0.1, -0.05) is 25.8 Å². The minimum Gasteiger partial charge on any atom is -0.371 e. The summed E-state index contributed by atoms with van der Waals surface area (Å²) in [5.74, 6) is 0. The molecule has 0 amide bonds. The van der Waals surface area contributed by atoms with E-state index in [-0.39, 0.29) is 5.60 Å². The zero-order chi connectivity index (χ0) is 10.4. The molecule has 0 bridgehead atoms. The summed E-state index contributed by atoms with van der Waals surface area (Å²) in [6, 6.07) is 0. The average molecular weight is 196 g/mol. The third-order valence-corrected chi connectivity index (χ3v) is 2.92. The van der Waals surface area contributed by atoms with Crippen molar-refractivity contribution < 1.29 is 4.74 Å². The molecule has 1 rings (SSSR count). The third-order valence-electron chi connectivity index (χ3n) is 2.92. The van der Waals surface area contributed by atoms with Gasteiger partial charge in [-0.25, -0.2) is 0 Å². The summed E-state index contributed by atoms with van der Waals surface area (Å²) in [6.45, 7) is 7.49. The average Bonchev–Trinajstić information content (AvgIpc) is 2.28. The molecule has 0 aromatic heterocycles. The Labute approximate surface area is 88.5 Å². The van der Waals surface area contributed by atoms with Crippen molar-refractivity contribution in [2.45, 2.75) is 64.9 Å². The molecular formula is C13H24O. The van der Waals surface area contributed by atoms with Gasteiger partial charge in [0.15, 0.2) is 0 Å². The monoisotopic (exact) mass is 196 g/mol. The van der Waals surface area contributed by atoms with E-state index in [1.165, 1.54) is 44.1 Å². The lowest BCUT2D eigenvalue weighted by Crippen LogP contribution is -2.22. The lowest BCUT2D eigenvalue weighted by Gasteiger charge is -2.22. The van der Waals surface area contributed by atoms with E-state index in [0.717, 1.165) is 6.61 Å². The highest BCUT2D eigenvalue weighted by Gasteiger charge is 2.21. The normalized spacial score (nSPS) is 24.9. The van der Waals surface area contributed by atoms with Crippen LogP contribution in [-0.4, -0.2) is 12.2 Å². The van der Waals surface area contributed by atoms with Gasteiger partial charge in [-0.15, -0.1) is 0 Å². The largest absolute Gasteiger partial charge is 0.371 e. The predicted molar refractivity (Wildman–Crippen MR) is 61.5 cm³/mol. The molecule has 82 valence electrons. The highest BCUT2D eigenvalue weighted by Crippen LogP contribution is 2.25. The molecule has 0 aromatic carbocycles. The first-order valence-electron chi connectivity index (χ1n) is 5.96. The minimum atomic E-state index is 0.0976. The summed E-state index contributed by atoms with van der Waals surface area (Å²) < 4.78 is 5.87. The lowest BCUT2D eigenvalue weighted by atomic mass is 10.0. The molecule has 1 fully saturated rings. The van der Waals surface area contributed by atoms with Gasteiger partial charge >= 0.3 is 0 Å². The molecule has 0 spiro atoms.